The first-order chi connectivity index (χ1) is 14.9. The van der Waals surface area contributed by atoms with Gasteiger partial charge in [-0.25, -0.2) is 9.07 Å². The Morgan fingerprint density at radius 2 is 1.87 bits per heavy atom. The van der Waals surface area contributed by atoms with Gasteiger partial charge in [0.05, 0.1) is 12.3 Å². The maximum absolute atomic E-state index is 13.0. The number of hydrogen-bond donors (Lipinski definition) is 1. The number of anilines is 1. The molecule has 0 radical (unpaired) electrons. The van der Waals surface area contributed by atoms with Crippen molar-refractivity contribution in [3.63, 3.8) is 0 Å². The Morgan fingerprint density at radius 1 is 1.13 bits per heavy atom. The van der Waals surface area contributed by atoms with E-state index in [0.717, 1.165) is 5.56 Å². The molecular formula is C20H17ClFN7OS. The van der Waals surface area contributed by atoms with Gasteiger partial charge in [0, 0.05) is 17.6 Å². The number of nitrogen functional groups attached to an aromatic ring is 1. The summed E-state index contributed by atoms with van der Waals surface area (Å²) in [7, 11) is 1.76. The normalized spacial score (nSPS) is 11.1. The molecular weight excluding hydrogens is 441 g/mol. The van der Waals surface area contributed by atoms with Crippen molar-refractivity contribution in [1.29, 1.82) is 0 Å². The van der Waals surface area contributed by atoms with Crippen molar-refractivity contribution in [1.82, 2.24) is 29.8 Å². The van der Waals surface area contributed by atoms with Crippen molar-refractivity contribution in [3.8, 4) is 11.5 Å². The van der Waals surface area contributed by atoms with Gasteiger partial charge >= 0.3 is 0 Å². The lowest BCUT2D eigenvalue weighted by Gasteiger charge is -2.06. The third-order valence-corrected chi connectivity index (χ3v) is 5.99. The first kappa shape index (κ1) is 21.0. The summed E-state index contributed by atoms with van der Waals surface area (Å²) in [5, 5.41) is 17.7. The maximum Gasteiger partial charge on any atom is 0.191 e. The fourth-order valence-corrected chi connectivity index (χ4v) is 3.88. The number of benzene rings is 2. The molecule has 8 nitrogen and oxygen atoms in total. The van der Waals surface area contributed by atoms with E-state index in [4.69, 9.17) is 17.3 Å². The monoisotopic (exact) mass is 457 g/mol. The molecule has 0 atom stereocenters. The van der Waals surface area contributed by atoms with Gasteiger partial charge in [0.15, 0.2) is 28.3 Å². The summed E-state index contributed by atoms with van der Waals surface area (Å²) < 4.78 is 16.3. The highest BCUT2D eigenvalue weighted by atomic mass is 35.5. The van der Waals surface area contributed by atoms with E-state index in [9.17, 15) is 9.18 Å². The van der Waals surface area contributed by atoms with E-state index in [2.05, 4.69) is 20.5 Å². The van der Waals surface area contributed by atoms with Gasteiger partial charge in [0.2, 0.25) is 0 Å². The van der Waals surface area contributed by atoms with Crippen molar-refractivity contribution >= 4 is 35.0 Å². The smallest absolute Gasteiger partial charge is 0.191 e. The van der Waals surface area contributed by atoms with E-state index < -0.39 is 0 Å². The van der Waals surface area contributed by atoms with Crippen LogP contribution >= 0.6 is 23.4 Å². The lowest BCUT2D eigenvalue weighted by atomic mass is 10.1. The molecule has 2 aromatic carbocycles. The van der Waals surface area contributed by atoms with Crippen molar-refractivity contribution < 1.29 is 9.18 Å². The molecule has 0 aliphatic heterocycles. The van der Waals surface area contributed by atoms with Gasteiger partial charge in [0.25, 0.3) is 0 Å². The van der Waals surface area contributed by atoms with Gasteiger partial charge in [-0.15, -0.1) is 15.3 Å². The molecule has 0 saturated heterocycles. The molecule has 0 saturated carbocycles. The molecule has 0 aliphatic carbocycles. The molecule has 11 heteroatoms. The zero-order valence-corrected chi connectivity index (χ0v) is 17.9. The van der Waals surface area contributed by atoms with Crippen molar-refractivity contribution in [3.05, 3.63) is 70.5 Å². The second kappa shape index (κ2) is 8.86. The predicted octanol–water partition coefficient (Wildman–Crippen LogP) is 3.47. The van der Waals surface area contributed by atoms with E-state index in [1.54, 1.807) is 17.7 Å². The van der Waals surface area contributed by atoms with Gasteiger partial charge in [0.1, 0.15) is 5.82 Å². The second-order valence-corrected chi connectivity index (χ2v) is 8.01. The van der Waals surface area contributed by atoms with Crippen LogP contribution in [0.4, 0.5) is 10.2 Å². The average molecular weight is 458 g/mol. The van der Waals surface area contributed by atoms with E-state index in [-0.39, 0.29) is 17.4 Å². The van der Waals surface area contributed by atoms with Crippen LogP contribution in [0.2, 0.25) is 5.02 Å². The van der Waals surface area contributed by atoms with Crippen LogP contribution in [-0.4, -0.2) is 41.3 Å². The largest absolute Gasteiger partial charge is 0.382 e. The van der Waals surface area contributed by atoms with Crippen LogP contribution in [-0.2, 0) is 13.6 Å². The first-order valence-corrected chi connectivity index (χ1v) is 10.5. The molecule has 0 unspecified atom stereocenters. The lowest BCUT2D eigenvalue weighted by Crippen LogP contribution is -2.07. The number of rotatable bonds is 7. The van der Waals surface area contributed by atoms with Crippen LogP contribution in [0.1, 0.15) is 15.9 Å². The zero-order chi connectivity index (χ0) is 22.0. The molecule has 2 N–H and O–H groups in total. The number of halogens is 2. The minimum atomic E-state index is -0.387. The fraction of sp³-hybridized carbons (Fsp3) is 0.150. The third kappa shape index (κ3) is 4.44. The van der Waals surface area contributed by atoms with E-state index in [1.807, 2.05) is 18.2 Å². The number of nitrogens with two attached hydrogens (primary N) is 1. The molecule has 4 aromatic rings. The number of aromatic nitrogens is 6. The summed E-state index contributed by atoms with van der Waals surface area (Å²) in [5.41, 5.74) is 7.93. The number of thioether (sulfide) groups is 1. The molecule has 0 spiro atoms. The van der Waals surface area contributed by atoms with Crippen LogP contribution in [0, 0.1) is 5.82 Å². The first-order valence-electron chi connectivity index (χ1n) is 9.17. The topological polar surface area (TPSA) is 105 Å². The van der Waals surface area contributed by atoms with Gasteiger partial charge in [-0.3, -0.25) is 4.79 Å². The highest BCUT2D eigenvalue weighted by molar-refractivity contribution is 7.99. The van der Waals surface area contributed by atoms with E-state index >= 15 is 0 Å². The van der Waals surface area contributed by atoms with Crippen LogP contribution in [0.15, 0.2) is 53.7 Å². The van der Waals surface area contributed by atoms with Gasteiger partial charge in [-0.1, -0.05) is 46.8 Å². The van der Waals surface area contributed by atoms with Crippen LogP contribution in [0.5, 0.6) is 0 Å². The van der Waals surface area contributed by atoms with Crippen LogP contribution < -0.4 is 5.73 Å². The molecule has 0 fully saturated rings. The quantitative estimate of drug-likeness (QED) is 0.334. The minimum Gasteiger partial charge on any atom is -0.382 e. The number of Topliss-reactive ketones (excluding diaryl/α,β-unsaturated/α-hetero) is 1. The number of carbonyl (C=O) groups excluding carboxylic acids is 1. The molecule has 4 rings (SSSR count). The molecule has 0 bridgehead atoms. The molecule has 31 heavy (non-hydrogen) atoms. The highest BCUT2D eigenvalue weighted by Crippen LogP contribution is 2.26. The number of carbonyl (C=O) groups is 1. The second-order valence-electron chi connectivity index (χ2n) is 6.66. The summed E-state index contributed by atoms with van der Waals surface area (Å²) in [4.78, 5) is 12.3. The zero-order valence-electron chi connectivity index (χ0n) is 16.4. The third-order valence-electron chi connectivity index (χ3n) is 4.60. The van der Waals surface area contributed by atoms with Crippen molar-refractivity contribution in [2.75, 3.05) is 11.5 Å². The Labute approximate surface area is 186 Å². The molecule has 2 heterocycles. The SMILES string of the molecule is Cn1c(SCC(=O)c2ccc(F)cc2)nnc1-c1nnn(Cc2ccccc2Cl)c1N. The molecule has 0 aliphatic rings. The van der Waals surface area contributed by atoms with Crippen molar-refractivity contribution in [2.45, 2.75) is 11.7 Å². The van der Waals surface area contributed by atoms with Gasteiger partial charge in [-0.05, 0) is 35.9 Å². The molecule has 0 amide bonds. The summed E-state index contributed by atoms with van der Waals surface area (Å²) in [6.45, 7) is 0.365. The molecule has 2 aromatic heterocycles. The van der Waals surface area contributed by atoms with Crippen molar-refractivity contribution in [2.24, 2.45) is 7.05 Å². The number of nitrogens with zero attached hydrogens (tertiary/aromatic N) is 6. The minimum absolute atomic E-state index is 0.131. The van der Waals surface area contributed by atoms with Crippen LogP contribution in [0.25, 0.3) is 11.5 Å². The Hall–Kier alpha value is -3.24. The highest BCUT2D eigenvalue weighted by Gasteiger charge is 2.20. The summed E-state index contributed by atoms with van der Waals surface area (Å²) in [6.07, 6.45) is 0. The number of hydrogen-bond acceptors (Lipinski definition) is 7. The van der Waals surface area contributed by atoms with E-state index in [1.165, 1.54) is 40.7 Å². The Balaban J connectivity index is 1.49. The lowest BCUT2D eigenvalue weighted by molar-refractivity contribution is 0.102. The average Bonchev–Trinajstić information content (AvgIpc) is 3.30. The summed E-state index contributed by atoms with van der Waals surface area (Å²) in [6, 6.07) is 12.8. The number of ketones is 1. The fourth-order valence-electron chi connectivity index (χ4n) is 2.88. The van der Waals surface area contributed by atoms with Crippen LogP contribution in [0.3, 0.4) is 0 Å². The molecule has 158 valence electrons. The predicted molar refractivity (Wildman–Crippen MR) is 116 cm³/mol. The Kier molecular flexibility index (Phi) is 6.01. The van der Waals surface area contributed by atoms with E-state index in [0.29, 0.717) is 39.6 Å². The Bertz CT molecular complexity index is 1240. The standard InChI is InChI=1S/C20H17ClFN7OS/c1-28-19(17-18(23)29(27-24-17)10-13-4-2-3-5-15(13)21)25-26-20(28)31-11-16(30)12-6-8-14(22)9-7-12/h2-9H,10-11,23H2,1H3. The Morgan fingerprint density at radius 3 is 2.61 bits per heavy atom. The summed E-state index contributed by atoms with van der Waals surface area (Å²) in [5.74, 6) is 0.364. The maximum atomic E-state index is 13.0. The van der Waals surface area contributed by atoms with Gasteiger partial charge < -0.3 is 10.3 Å². The summed E-state index contributed by atoms with van der Waals surface area (Å²) >= 11 is 7.43. The van der Waals surface area contributed by atoms with Gasteiger partial charge in [-0.2, -0.15) is 0 Å².